The molecule has 1 saturated heterocycles. The van der Waals surface area contributed by atoms with Crippen molar-refractivity contribution in [3.63, 3.8) is 0 Å². The van der Waals surface area contributed by atoms with Gasteiger partial charge in [-0.25, -0.2) is 4.98 Å². The first-order chi connectivity index (χ1) is 13.5. The van der Waals surface area contributed by atoms with E-state index in [0.717, 1.165) is 24.7 Å². The molecule has 2 aromatic rings. The van der Waals surface area contributed by atoms with Crippen molar-refractivity contribution in [2.24, 2.45) is 0 Å². The molecule has 1 aliphatic heterocycles. The zero-order valence-electron chi connectivity index (χ0n) is 16.6. The quantitative estimate of drug-likeness (QED) is 0.790. The predicted molar refractivity (Wildman–Crippen MR) is 108 cm³/mol. The Hall–Kier alpha value is -2.80. The summed E-state index contributed by atoms with van der Waals surface area (Å²) in [5, 5.41) is 2.85. The monoisotopic (exact) mass is 385 g/mol. The summed E-state index contributed by atoms with van der Waals surface area (Å²) in [5.41, 5.74) is 0.674. The second-order valence-corrected chi connectivity index (χ2v) is 6.89. The Morgan fingerprint density at radius 1 is 1.14 bits per heavy atom. The zero-order chi connectivity index (χ0) is 19.9. The molecule has 2 heterocycles. The largest absolute Gasteiger partial charge is 0.497 e. The maximum absolute atomic E-state index is 12.1. The van der Waals surface area contributed by atoms with Gasteiger partial charge in [0.25, 0.3) is 0 Å². The SMILES string of the molecule is COc1ccc(OCCC(=O)Nc2ccc(N3CC(C)OC(C)C3)nc2)cc1. The molecule has 0 spiro atoms. The van der Waals surface area contributed by atoms with Crippen LogP contribution >= 0.6 is 0 Å². The number of aromatic nitrogens is 1. The fourth-order valence-electron chi connectivity index (χ4n) is 3.17. The highest BCUT2D eigenvalue weighted by atomic mass is 16.5. The summed E-state index contributed by atoms with van der Waals surface area (Å²) in [6.45, 7) is 6.04. The third-order valence-corrected chi connectivity index (χ3v) is 4.43. The van der Waals surface area contributed by atoms with E-state index in [1.54, 1.807) is 13.3 Å². The maximum Gasteiger partial charge on any atom is 0.227 e. The lowest BCUT2D eigenvalue weighted by atomic mass is 10.2. The molecule has 150 valence electrons. The molecule has 3 rings (SSSR count). The van der Waals surface area contributed by atoms with E-state index in [-0.39, 0.29) is 24.5 Å². The number of pyridine rings is 1. The minimum Gasteiger partial charge on any atom is -0.497 e. The third-order valence-electron chi connectivity index (χ3n) is 4.43. The molecule has 7 nitrogen and oxygen atoms in total. The number of rotatable bonds is 7. The van der Waals surface area contributed by atoms with Crippen LogP contribution in [0.5, 0.6) is 11.5 Å². The Labute approximate surface area is 165 Å². The highest BCUT2D eigenvalue weighted by Crippen LogP contribution is 2.20. The van der Waals surface area contributed by atoms with Crippen molar-refractivity contribution in [2.45, 2.75) is 32.5 Å². The Balaban J connectivity index is 1.45. The van der Waals surface area contributed by atoms with Gasteiger partial charge < -0.3 is 24.4 Å². The number of nitrogens with one attached hydrogen (secondary N) is 1. The number of anilines is 2. The van der Waals surface area contributed by atoms with Gasteiger partial charge in [0.1, 0.15) is 17.3 Å². The van der Waals surface area contributed by atoms with Crippen LogP contribution in [0.15, 0.2) is 42.6 Å². The number of amides is 1. The molecule has 1 amide bonds. The molecule has 1 aliphatic rings. The number of ether oxygens (including phenoxy) is 3. The summed E-state index contributed by atoms with van der Waals surface area (Å²) < 4.78 is 16.4. The van der Waals surface area contributed by atoms with E-state index >= 15 is 0 Å². The first kappa shape index (κ1) is 19.9. The molecule has 7 heteroatoms. The molecule has 28 heavy (non-hydrogen) atoms. The van der Waals surface area contributed by atoms with E-state index in [1.165, 1.54) is 0 Å². The molecule has 0 aliphatic carbocycles. The lowest BCUT2D eigenvalue weighted by Crippen LogP contribution is -2.45. The van der Waals surface area contributed by atoms with Gasteiger partial charge in [-0.15, -0.1) is 0 Å². The lowest BCUT2D eigenvalue weighted by molar-refractivity contribution is -0.116. The summed E-state index contributed by atoms with van der Waals surface area (Å²) in [6, 6.07) is 11.1. The minimum absolute atomic E-state index is 0.114. The number of carbonyl (C=O) groups excluding carboxylic acids is 1. The van der Waals surface area contributed by atoms with Gasteiger partial charge in [-0.05, 0) is 50.2 Å². The van der Waals surface area contributed by atoms with Crippen LogP contribution in [-0.2, 0) is 9.53 Å². The molecule has 2 unspecified atom stereocenters. The first-order valence-corrected chi connectivity index (χ1v) is 9.46. The number of benzene rings is 1. The van der Waals surface area contributed by atoms with Crippen LogP contribution in [0.4, 0.5) is 11.5 Å². The summed E-state index contributed by atoms with van der Waals surface area (Å²) in [6.07, 6.45) is 2.29. The average molecular weight is 385 g/mol. The van der Waals surface area contributed by atoms with Crippen LogP contribution < -0.4 is 19.7 Å². The maximum atomic E-state index is 12.1. The van der Waals surface area contributed by atoms with Crippen molar-refractivity contribution >= 4 is 17.4 Å². The summed E-state index contributed by atoms with van der Waals surface area (Å²) >= 11 is 0. The molecule has 0 bridgehead atoms. The molecule has 1 aromatic heterocycles. The van der Waals surface area contributed by atoms with Gasteiger partial charge >= 0.3 is 0 Å². The Morgan fingerprint density at radius 3 is 2.43 bits per heavy atom. The number of morpholine rings is 1. The van der Waals surface area contributed by atoms with E-state index in [4.69, 9.17) is 14.2 Å². The van der Waals surface area contributed by atoms with Crippen molar-refractivity contribution < 1.29 is 19.0 Å². The van der Waals surface area contributed by atoms with E-state index in [1.807, 2.05) is 36.4 Å². The van der Waals surface area contributed by atoms with Gasteiger partial charge in [0.2, 0.25) is 5.91 Å². The number of methoxy groups -OCH3 is 1. The molecule has 0 radical (unpaired) electrons. The fourth-order valence-corrected chi connectivity index (χ4v) is 3.17. The number of hydrogen-bond acceptors (Lipinski definition) is 6. The lowest BCUT2D eigenvalue weighted by Gasteiger charge is -2.36. The number of nitrogens with zero attached hydrogens (tertiary/aromatic N) is 2. The molecule has 1 fully saturated rings. The molecule has 0 saturated carbocycles. The van der Waals surface area contributed by atoms with Gasteiger partial charge in [0.05, 0.1) is 44.2 Å². The average Bonchev–Trinajstić information content (AvgIpc) is 2.68. The van der Waals surface area contributed by atoms with Gasteiger partial charge in [0, 0.05) is 13.1 Å². The molecular formula is C21H27N3O4. The summed E-state index contributed by atoms with van der Waals surface area (Å²) in [4.78, 5) is 18.8. The van der Waals surface area contributed by atoms with Crippen molar-refractivity contribution in [3.05, 3.63) is 42.6 Å². The van der Waals surface area contributed by atoms with Crippen LogP contribution in [0.25, 0.3) is 0 Å². The minimum atomic E-state index is -0.114. The van der Waals surface area contributed by atoms with Crippen molar-refractivity contribution in [1.82, 2.24) is 4.98 Å². The highest BCUT2D eigenvalue weighted by molar-refractivity contribution is 5.90. The van der Waals surface area contributed by atoms with E-state index in [9.17, 15) is 4.79 Å². The van der Waals surface area contributed by atoms with E-state index in [0.29, 0.717) is 18.0 Å². The first-order valence-electron chi connectivity index (χ1n) is 9.46. The Morgan fingerprint density at radius 2 is 1.82 bits per heavy atom. The Bertz CT molecular complexity index is 754. The van der Waals surface area contributed by atoms with Crippen LogP contribution in [0.1, 0.15) is 20.3 Å². The molecule has 2 atom stereocenters. The van der Waals surface area contributed by atoms with Crippen molar-refractivity contribution in [2.75, 3.05) is 37.0 Å². The topological polar surface area (TPSA) is 72.9 Å². The van der Waals surface area contributed by atoms with Crippen LogP contribution in [-0.4, -0.2) is 49.9 Å². The molecule has 1 N–H and O–H groups in total. The van der Waals surface area contributed by atoms with Gasteiger partial charge in [-0.1, -0.05) is 0 Å². The van der Waals surface area contributed by atoms with Gasteiger partial charge in [-0.2, -0.15) is 0 Å². The summed E-state index contributed by atoms with van der Waals surface area (Å²) in [7, 11) is 1.61. The standard InChI is InChI=1S/C21H27N3O4/c1-15-13-24(14-16(2)28-15)20-9-4-17(12-22-20)23-21(25)10-11-27-19-7-5-18(26-3)6-8-19/h4-9,12,15-16H,10-11,13-14H2,1-3H3,(H,23,25). The van der Waals surface area contributed by atoms with Gasteiger partial charge in [-0.3, -0.25) is 4.79 Å². The number of carbonyl (C=O) groups is 1. The molecule has 1 aromatic carbocycles. The van der Waals surface area contributed by atoms with Crippen LogP contribution in [0, 0.1) is 0 Å². The van der Waals surface area contributed by atoms with Crippen LogP contribution in [0.3, 0.4) is 0 Å². The number of hydrogen-bond donors (Lipinski definition) is 1. The van der Waals surface area contributed by atoms with E-state index in [2.05, 4.69) is 29.0 Å². The smallest absolute Gasteiger partial charge is 0.227 e. The summed E-state index contributed by atoms with van der Waals surface area (Å²) in [5.74, 6) is 2.25. The van der Waals surface area contributed by atoms with Crippen LogP contribution in [0.2, 0.25) is 0 Å². The fraction of sp³-hybridized carbons (Fsp3) is 0.429. The normalized spacial score (nSPS) is 19.2. The molecular weight excluding hydrogens is 358 g/mol. The van der Waals surface area contributed by atoms with Gasteiger partial charge in [0.15, 0.2) is 0 Å². The van der Waals surface area contributed by atoms with Crippen molar-refractivity contribution in [3.8, 4) is 11.5 Å². The predicted octanol–water partition coefficient (Wildman–Crippen LogP) is 3.11. The van der Waals surface area contributed by atoms with Crippen molar-refractivity contribution in [1.29, 1.82) is 0 Å². The van der Waals surface area contributed by atoms with E-state index < -0.39 is 0 Å². The third kappa shape index (κ3) is 5.60. The second-order valence-electron chi connectivity index (χ2n) is 6.89. The zero-order valence-corrected chi connectivity index (χ0v) is 16.6. The highest BCUT2D eigenvalue weighted by Gasteiger charge is 2.23. The second kappa shape index (κ2) is 9.41. The Kier molecular flexibility index (Phi) is 6.71.